The molecule has 1 aromatic heterocycles. The Morgan fingerprint density at radius 1 is 1.27 bits per heavy atom. The second-order valence-electron chi connectivity index (χ2n) is 6.34. The van der Waals surface area contributed by atoms with E-state index in [1.54, 1.807) is 11.3 Å². The van der Waals surface area contributed by atoms with E-state index in [0.29, 0.717) is 0 Å². The third-order valence-corrected chi connectivity index (χ3v) is 5.62. The van der Waals surface area contributed by atoms with Crippen LogP contribution >= 0.6 is 11.3 Å². The molecule has 2 aromatic rings. The van der Waals surface area contributed by atoms with Crippen LogP contribution in [-0.2, 0) is 6.42 Å². The van der Waals surface area contributed by atoms with E-state index >= 15 is 0 Å². The molecule has 0 fully saturated rings. The Morgan fingerprint density at radius 2 is 2.19 bits per heavy atom. The fraction of sp³-hybridized carbons (Fsp3) is 0.227. The molecule has 0 radical (unpaired) electrons. The van der Waals surface area contributed by atoms with E-state index in [9.17, 15) is 0 Å². The molecule has 0 saturated heterocycles. The summed E-state index contributed by atoms with van der Waals surface area (Å²) in [6.45, 7) is 4.88. The third kappa shape index (κ3) is 3.13. The maximum Gasteiger partial charge on any atom is 0.0735 e. The zero-order chi connectivity index (χ0) is 17.9. The van der Waals surface area contributed by atoms with E-state index in [2.05, 4.69) is 51.8 Å². The van der Waals surface area contributed by atoms with Gasteiger partial charge in [0.1, 0.15) is 0 Å². The Kier molecular flexibility index (Phi) is 4.76. The highest BCUT2D eigenvalue weighted by Gasteiger charge is 2.29. The Morgan fingerprint density at radius 3 is 3.04 bits per heavy atom. The smallest absolute Gasteiger partial charge is 0.0735 e. The van der Waals surface area contributed by atoms with E-state index in [4.69, 9.17) is 4.99 Å². The molecule has 26 heavy (non-hydrogen) atoms. The summed E-state index contributed by atoms with van der Waals surface area (Å²) in [7, 11) is 0. The highest BCUT2D eigenvalue weighted by molar-refractivity contribution is 7.17. The molecule has 4 heteroatoms. The van der Waals surface area contributed by atoms with Crippen LogP contribution in [0.5, 0.6) is 0 Å². The van der Waals surface area contributed by atoms with Crippen LogP contribution in [0.3, 0.4) is 0 Å². The first kappa shape index (κ1) is 16.9. The van der Waals surface area contributed by atoms with Gasteiger partial charge in [0.05, 0.1) is 17.3 Å². The van der Waals surface area contributed by atoms with E-state index in [-0.39, 0.29) is 5.92 Å². The SMILES string of the molecule is C/C=C(\C=NCC)C1=CN=C2C(Cc3ccc4sccc4c3)=NC=CC12. The number of allylic oxidation sites excluding steroid dienone is 4. The van der Waals surface area contributed by atoms with Gasteiger partial charge in [0.15, 0.2) is 0 Å². The molecule has 1 atom stereocenters. The van der Waals surface area contributed by atoms with Crippen LogP contribution in [0.4, 0.5) is 0 Å². The van der Waals surface area contributed by atoms with Crippen molar-refractivity contribution in [1.29, 1.82) is 0 Å². The van der Waals surface area contributed by atoms with Gasteiger partial charge in [-0.15, -0.1) is 11.3 Å². The molecule has 0 amide bonds. The van der Waals surface area contributed by atoms with Crippen LogP contribution in [0.15, 0.2) is 80.3 Å². The van der Waals surface area contributed by atoms with Crippen molar-refractivity contribution in [3.8, 4) is 0 Å². The van der Waals surface area contributed by atoms with Gasteiger partial charge >= 0.3 is 0 Å². The maximum atomic E-state index is 4.72. The first-order chi connectivity index (χ1) is 12.8. The molecule has 3 nitrogen and oxygen atoms in total. The van der Waals surface area contributed by atoms with Gasteiger partial charge in [-0.05, 0) is 59.5 Å². The minimum atomic E-state index is 0.182. The van der Waals surface area contributed by atoms with Crippen LogP contribution in [-0.4, -0.2) is 24.2 Å². The second kappa shape index (κ2) is 7.34. The van der Waals surface area contributed by atoms with Crippen molar-refractivity contribution in [1.82, 2.24) is 0 Å². The highest BCUT2D eigenvalue weighted by Crippen LogP contribution is 2.31. The van der Waals surface area contributed by atoms with Crippen molar-refractivity contribution in [2.75, 3.05) is 6.54 Å². The van der Waals surface area contributed by atoms with Gasteiger partial charge in [-0.1, -0.05) is 18.2 Å². The molecule has 2 aliphatic rings. The van der Waals surface area contributed by atoms with Crippen LogP contribution in [0.25, 0.3) is 10.1 Å². The summed E-state index contributed by atoms with van der Waals surface area (Å²) in [6.07, 6.45) is 10.9. The van der Waals surface area contributed by atoms with Gasteiger partial charge in [0.2, 0.25) is 0 Å². The first-order valence-corrected chi connectivity index (χ1v) is 9.82. The van der Waals surface area contributed by atoms with Crippen molar-refractivity contribution >= 4 is 39.1 Å². The molecule has 0 aliphatic carbocycles. The maximum absolute atomic E-state index is 4.72. The molecule has 0 saturated carbocycles. The van der Waals surface area contributed by atoms with E-state index in [0.717, 1.165) is 30.0 Å². The number of hydrogen-bond acceptors (Lipinski definition) is 4. The van der Waals surface area contributed by atoms with Gasteiger partial charge in [0, 0.05) is 36.3 Å². The minimum absolute atomic E-state index is 0.182. The lowest BCUT2D eigenvalue weighted by atomic mass is 9.86. The van der Waals surface area contributed by atoms with Gasteiger partial charge < -0.3 is 0 Å². The number of hydrogen-bond donors (Lipinski definition) is 0. The van der Waals surface area contributed by atoms with Gasteiger partial charge in [-0.3, -0.25) is 15.0 Å². The number of benzene rings is 1. The molecule has 1 unspecified atom stereocenters. The minimum Gasteiger partial charge on any atom is -0.293 e. The van der Waals surface area contributed by atoms with Crippen molar-refractivity contribution < 1.29 is 0 Å². The molecule has 0 bridgehead atoms. The standard InChI is InChI=1S/C22H21N3S/c1-3-16(13-23-4-2)19-14-25-22-18(19)7-9-24-20(22)12-15-5-6-21-17(11-15)8-10-26-21/h3,5-11,13-14,18H,4,12H2,1-2H3/b16-3+,23-13?. The van der Waals surface area contributed by atoms with Crippen LogP contribution in [0, 0.1) is 5.92 Å². The summed E-state index contributed by atoms with van der Waals surface area (Å²) in [5, 5.41) is 3.44. The zero-order valence-electron chi connectivity index (χ0n) is 15.0. The molecule has 130 valence electrons. The van der Waals surface area contributed by atoms with E-state index < -0.39 is 0 Å². The summed E-state index contributed by atoms with van der Waals surface area (Å²) in [5.41, 5.74) is 5.75. The van der Waals surface area contributed by atoms with Crippen LogP contribution < -0.4 is 0 Å². The fourth-order valence-electron chi connectivity index (χ4n) is 3.40. The summed E-state index contributed by atoms with van der Waals surface area (Å²) in [6, 6.07) is 8.83. The fourth-order valence-corrected chi connectivity index (χ4v) is 4.17. The van der Waals surface area contributed by atoms with Crippen LogP contribution in [0.1, 0.15) is 19.4 Å². The number of thiophene rings is 1. The molecular weight excluding hydrogens is 338 g/mol. The lowest BCUT2D eigenvalue weighted by Gasteiger charge is -2.19. The number of fused-ring (bicyclic) bond motifs is 2. The second-order valence-corrected chi connectivity index (χ2v) is 7.28. The van der Waals surface area contributed by atoms with Crippen LogP contribution in [0.2, 0.25) is 0 Å². The number of rotatable bonds is 5. The highest BCUT2D eigenvalue weighted by atomic mass is 32.1. The average molecular weight is 359 g/mol. The Labute approximate surface area is 157 Å². The zero-order valence-corrected chi connectivity index (χ0v) is 15.8. The first-order valence-electron chi connectivity index (χ1n) is 8.94. The Bertz CT molecular complexity index is 1010. The summed E-state index contributed by atoms with van der Waals surface area (Å²) >= 11 is 1.78. The summed E-state index contributed by atoms with van der Waals surface area (Å²) in [5.74, 6) is 0.182. The number of nitrogens with zero attached hydrogens (tertiary/aromatic N) is 3. The average Bonchev–Trinajstić information content (AvgIpc) is 3.30. The molecule has 3 heterocycles. The predicted octanol–water partition coefficient (Wildman–Crippen LogP) is 5.40. The molecule has 4 rings (SSSR count). The lowest BCUT2D eigenvalue weighted by Crippen LogP contribution is -2.26. The predicted molar refractivity (Wildman–Crippen MR) is 114 cm³/mol. The van der Waals surface area contributed by atoms with Gasteiger partial charge in [-0.25, -0.2) is 0 Å². The Balaban J connectivity index is 1.56. The van der Waals surface area contributed by atoms with Crippen molar-refractivity contribution in [3.05, 3.63) is 70.9 Å². The quantitative estimate of drug-likeness (QED) is 0.641. The topological polar surface area (TPSA) is 37.1 Å². The summed E-state index contributed by atoms with van der Waals surface area (Å²) in [4.78, 5) is 13.8. The third-order valence-electron chi connectivity index (χ3n) is 4.72. The molecular formula is C22H21N3S. The van der Waals surface area contributed by atoms with E-state index in [1.165, 1.54) is 21.2 Å². The summed E-state index contributed by atoms with van der Waals surface area (Å²) < 4.78 is 1.33. The number of aliphatic imine (C=N–C) groups is 3. The molecule has 0 N–H and O–H groups in total. The normalized spacial score (nSPS) is 19.7. The molecule has 0 spiro atoms. The van der Waals surface area contributed by atoms with Gasteiger partial charge in [-0.2, -0.15) is 0 Å². The van der Waals surface area contributed by atoms with E-state index in [1.807, 2.05) is 32.5 Å². The lowest BCUT2D eigenvalue weighted by molar-refractivity contribution is 1.06. The van der Waals surface area contributed by atoms with Gasteiger partial charge in [0.25, 0.3) is 0 Å². The van der Waals surface area contributed by atoms with Crippen molar-refractivity contribution in [2.24, 2.45) is 20.9 Å². The Hall–Kier alpha value is -2.59. The largest absolute Gasteiger partial charge is 0.293 e. The van der Waals surface area contributed by atoms with Crippen molar-refractivity contribution in [3.63, 3.8) is 0 Å². The molecule has 1 aromatic carbocycles. The molecule has 2 aliphatic heterocycles. The van der Waals surface area contributed by atoms with Crippen molar-refractivity contribution in [2.45, 2.75) is 20.3 Å². The monoisotopic (exact) mass is 359 g/mol.